The molecule has 0 aliphatic heterocycles. The van der Waals surface area contributed by atoms with Crippen molar-refractivity contribution in [3.63, 3.8) is 0 Å². The molecule has 2 aromatic carbocycles. The molecule has 0 saturated carbocycles. The Morgan fingerprint density at radius 2 is 1.69 bits per heavy atom. The van der Waals surface area contributed by atoms with Gasteiger partial charge in [-0.25, -0.2) is 12.8 Å². The second kappa shape index (κ2) is 7.92. The zero-order valence-corrected chi connectivity index (χ0v) is 16.1. The Morgan fingerprint density at radius 1 is 1.12 bits per heavy atom. The molecule has 0 fully saturated rings. The number of rotatable bonds is 6. The van der Waals surface area contributed by atoms with Crippen molar-refractivity contribution in [2.75, 3.05) is 41.4 Å². The lowest BCUT2D eigenvalue weighted by atomic mass is 10.2. The van der Waals surface area contributed by atoms with E-state index in [-0.39, 0.29) is 10.7 Å². The third kappa shape index (κ3) is 5.09. The summed E-state index contributed by atoms with van der Waals surface area (Å²) in [5.41, 5.74) is 1.54. The van der Waals surface area contributed by atoms with E-state index < -0.39 is 28.3 Å². The van der Waals surface area contributed by atoms with Crippen LogP contribution in [0.15, 0.2) is 42.5 Å². The van der Waals surface area contributed by atoms with E-state index in [9.17, 15) is 17.6 Å². The summed E-state index contributed by atoms with van der Waals surface area (Å²) in [7, 11) is 0.0509. The average Bonchev–Trinajstić information content (AvgIpc) is 2.55. The van der Waals surface area contributed by atoms with Gasteiger partial charge in [-0.2, -0.15) is 0 Å². The van der Waals surface area contributed by atoms with Crippen molar-refractivity contribution in [1.29, 1.82) is 0 Å². The second-order valence-corrected chi connectivity index (χ2v) is 8.17. The first-order valence-corrected chi connectivity index (χ1v) is 9.80. The Kier molecular flexibility index (Phi) is 6.09. The van der Waals surface area contributed by atoms with Crippen LogP contribution in [0.5, 0.6) is 0 Å². The van der Waals surface area contributed by atoms with Crippen LogP contribution in [0.3, 0.4) is 0 Å². The van der Waals surface area contributed by atoms with E-state index in [1.807, 2.05) is 19.0 Å². The predicted molar refractivity (Wildman–Crippen MR) is 103 cm³/mol. The minimum absolute atomic E-state index is 0.137. The van der Waals surface area contributed by atoms with Crippen LogP contribution < -0.4 is 14.5 Å². The molecule has 140 valence electrons. The molecule has 0 heterocycles. The maximum atomic E-state index is 13.2. The standard InChI is InChI=1S/C17H19ClFN3O3S/c1-21(2)13-5-7-14(8-6-13)22(26(3,24)25)11-17(23)20-12-4-9-16(19)15(18)10-12/h4-10H,11H2,1-3H3,(H,20,23). The lowest BCUT2D eigenvalue weighted by Gasteiger charge is -2.23. The summed E-state index contributed by atoms with van der Waals surface area (Å²) in [6.45, 7) is -0.421. The molecule has 0 atom stereocenters. The number of hydrogen-bond acceptors (Lipinski definition) is 4. The number of carbonyl (C=O) groups excluding carboxylic acids is 1. The lowest BCUT2D eigenvalue weighted by Crippen LogP contribution is -2.37. The molecule has 0 spiro atoms. The highest BCUT2D eigenvalue weighted by Crippen LogP contribution is 2.22. The van der Waals surface area contributed by atoms with E-state index in [1.165, 1.54) is 12.1 Å². The van der Waals surface area contributed by atoms with Gasteiger partial charge in [-0.1, -0.05) is 11.6 Å². The molecule has 1 N–H and O–H groups in total. The normalized spacial score (nSPS) is 11.1. The molecule has 0 aliphatic carbocycles. The van der Waals surface area contributed by atoms with Gasteiger partial charge in [0.2, 0.25) is 15.9 Å². The highest BCUT2D eigenvalue weighted by molar-refractivity contribution is 7.92. The van der Waals surface area contributed by atoms with Gasteiger partial charge in [0.05, 0.1) is 17.0 Å². The van der Waals surface area contributed by atoms with Gasteiger partial charge in [0.25, 0.3) is 0 Å². The number of amides is 1. The summed E-state index contributed by atoms with van der Waals surface area (Å²) in [6.07, 6.45) is 1.02. The molecule has 26 heavy (non-hydrogen) atoms. The van der Waals surface area contributed by atoms with Crippen molar-refractivity contribution in [1.82, 2.24) is 0 Å². The number of halogens is 2. The Hall–Kier alpha value is -2.32. The van der Waals surface area contributed by atoms with Crippen LogP contribution in [-0.4, -0.2) is 41.2 Å². The van der Waals surface area contributed by atoms with Crippen LogP contribution in [0.4, 0.5) is 21.5 Å². The third-order valence-corrected chi connectivity index (χ3v) is 4.98. The van der Waals surface area contributed by atoms with Gasteiger partial charge in [-0.05, 0) is 42.5 Å². The van der Waals surface area contributed by atoms with Crippen molar-refractivity contribution in [2.45, 2.75) is 0 Å². The SMILES string of the molecule is CN(C)c1ccc(N(CC(=O)Nc2ccc(F)c(Cl)c2)S(C)(=O)=O)cc1. The second-order valence-electron chi connectivity index (χ2n) is 5.86. The Morgan fingerprint density at radius 3 is 2.19 bits per heavy atom. The third-order valence-electron chi connectivity index (χ3n) is 3.54. The molecule has 9 heteroatoms. The van der Waals surface area contributed by atoms with Crippen LogP contribution >= 0.6 is 11.6 Å². The van der Waals surface area contributed by atoms with E-state index in [1.54, 1.807) is 24.3 Å². The molecule has 0 unspecified atom stereocenters. The monoisotopic (exact) mass is 399 g/mol. The van der Waals surface area contributed by atoms with E-state index in [0.29, 0.717) is 5.69 Å². The smallest absolute Gasteiger partial charge is 0.245 e. The fourth-order valence-corrected chi connectivity index (χ4v) is 3.26. The molecule has 0 aromatic heterocycles. The maximum Gasteiger partial charge on any atom is 0.245 e. The van der Waals surface area contributed by atoms with Gasteiger partial charge in [-0.3, -0.25) is 9.10 Å². The quantitative estimate of drug-likeness (QED) is 0.810. The first-order chi connectivity index (χ1) is 12.1. The molecule has 2 aromatic rings. The summed E-state index contributed by atoms with van der Waals surface area (Å²) >= 11 is 5.68. The van der Waals surface area contributed by atoms with Crippen molar-refractivity contribution < 1.29 is 17.6 Å². The summed E-state index contributed by atoms with van der Waals surface area (Å²) in [5.74, 6) is -1.18. The highest BCUT2D eigenvalue weighted by atomic mass is 35.5. The zero-order valence-electron chi connectivity index (χ0n) is 14.5. The van der Waals surface area contributed by atoms with Gasteiger partial charge in [0, 0.05) is 25.5 Å². The fraction of sp³-hybridized carbons (Fsp3) is 0.235. The molecular weight excluding hydrogens is 381 g/mol. The van der Waals surface area contributed by atoms with E-state index in [0.717, 1.165) is 22.3 Å². The predicted octanol–water partition coefficient (Wildman–Crippen LogP) is 2.95. The van der Waals surface area contributed by atoms with Crippen molar-refractivity contribution in [2.24, 2.45) is 0 Å². The molecule has 0 radical (unpaired) electrons. The summed E-state index contributed by atoms with van der Waals surface area (Å²) in [6, 6.07) is 10.5. The van der Waals surface area contributed by atoms with Crippen LogP contribution in [0.25, 0.3) is 0 Å². The minimum Gasteiger partial charge on any atom is -0.378 e. The maximum absolute atomic E-state index is 13.2. The lowest BCUT2D eigenvalue weighted by molar-refractivity contribution is -0.114. The number of carbonyl (C=O) groups is 1. The zero-order chi connectivity index (χ0) is 19.5. The van der Waals surface area contributed by atoms with E-state index in [2.05, 4.69) is 5.32 Å². The summed E-state index contributed by atoms with van der Waals surface area (Å²) < 4.78 is 38.4. The van der Waals surface area contributed by atoms with Gasteiger partial charge >= 0.3 is 0 Å². The van der Waals surface area contributed by atoms with Crippen molar-refractivity contribution >= 4 is 44.6 Å². The first-order valence-electron chi connectivity index (χ1n) is 7.58. The average molecular weight is 400 g/mol. The molecule has 0 saturated heterocycles. The molecule has 1 amide bonds. The number of nitrogens with one attached hydrogen (secondary N) is 1. The topological polar surface area (TPSA) is 69.7 Å². The van der Waals surface area contributed by atoms with Gasteiger partial charge in [0.1, 0.15) is 12.4 Å². The number of benzene rings is 2. The molecular formula is C17H19ClFN3O3S. The van der Waals surface area contributed by atoms with Crippen molar-refractivity contribution in [3.8, 4) is 0 Å². The van der Waals surface area contributed by atoms with Crippen LogP contribution in [0.1, 0.15) is 0 Å². The summed E-state index contributed by atoms with van der Waals surface area (Å²) in [4.78, 5) is 14.1. The Labute approximate surface area is 157 Å². The number of nitrogens with zero attached hydrogens (tertiary/aromatic N) is 2. The van der Waals surface area contributed by atoms with Crippen molar-refractivity contribution in [3.05, 3.63) is 53.3 Å². The molecule has 6 nitrogen and oxygen atoms in total. The van der Waals surface area contributed by atoms with Crippen LogP contribution in [0, 0.1) is 5.82 Å². The Balaban J connectivity index is 2.19. The first kappa shape index (κ1) is 20.0. The number of sulfonamides is 1. The number of hydrogen-bond donors (Lipinski definition) is 1. The largest absolute Gasteiger partial charge is 0.378 e. The number of anilines is 3. The minimum atomic E-state index is -3.68. The fourth-order valence-electron chi connectivity index (χ4n) is 2.22. The highest BCUT2D eigenvalue weighted by Gasteiger charge is 2.21. The van der Waals surface area contributed by atoms with Crippen LogP contribution in [-0.2, 0) is 14.8 Å². The van der Waals surface area contributed by atoms with Crippen LogP contribution in [0.2, 0.25) is 5.02 Å². The van der Waals surface area contributed by atoms with Gasteiger partial charge in [-0.15, -0.1) is 0 Å². The molecule has 2 rings (SSSR count). The molecule has 0 aliphatic rings. The summed E-state index contributed by atoms with van der Waals surface area (Å²) in [5, 5.41) is 2.37. The van der Waals surface area contributed by atoms with E-state index in [4.69, 9.17) is 11.6 Å². The van der Waals surface area contributed by atoms with Gasteiger partial charge in [0.15, 0.2) is 0 Å². The molecule has 0 bridgehead atoms. The van der Waals surface area contributed by atoms with E-state index >= 15 is 0 Å². The Bertz CT molecular complexity index is 902. The van der Waals surface area contributed by atoms with Gasteiger partial charge < -0.3 is 10.2 Å².